The fourth-order valence-electron chi connectivity index (χ4n) is 1.52. The minimum atomic E-state index is -0.00599. The number of anilines is 1. The van der Waals surface area contributed by atoms with Crippen LogP contribution < -0.4 is 15.8 Å². The highest BCUT2D eigenvalue weighted by molar-refractivity contribution is 5.37. The van der Waals surface area contributed by atoms with Crippen molar-refractivity contribution in [2.45, 2.75) is 0 Å². The Morgan fingerprint density at radius 3 is 2.79 bits per heavy atom. The Hall–Kier alpha value is -1.36. The first-order valence-electron chi connectivity index (χ1n) is 4.76. The van der Waals surface area contributed by atoms with E-state index in [1.165, 1.54) is 4.57 Å². The molecule has 0 aliphatic carbocycles. The molecule has 1 aliphatic heterocycles. The number of piperazine rings is 1. The first kappa shape index (κ1) is 9.21. The normalized spacial score (nSPS) is 17.1. The molecular formula is C9H14N4O. The first-order chi connectivity index (χ1) is 6.77. The van der Waals surface area contributed by atoms with E-state index in [-0.39, 0.29) is 5.56 Å². The number of hydrogen-bond acceptors (Lipinski definition) is 4. The lowest BCUT2D eigenvalue weighted by Crippen LogP contribution is -2.44. The van der Waals surface area contributed by atoms with E-state index in [9.17, 15) is 4.79 Å². The van der Waals surface area contributed by atoms with E-state index in [2.05, 4.69) is 15.2 Å². The number of rotatable bonds is 1. The molecule has 76 valence electrons. The molecule has 0 saturated carbocycles. The molecule has 14 heavy (non-hydrogen) atoms. The van der Waals surface area contributed by atoms with Gasteiger partial charge in [0.25, 0.3) is 5.56 Å². The maximum absolute atomic E-state index is 11.4. The molecule has 2 rings (SSSR count). The van der Waals surface area contributed by atoms with Gasteiger partial charge in [-0.1, -0.05) is 0 Å². The molecule has 0 radical (unpaired) electrons. The van der Waals surface area contributed by atoms with Crippen molar-refractivity contribution in [1.29, 1.82) is 0 Å². The molecule has 0 aromatic carbocycles. The van der Waals surface area contributed by atoms with Crippen LogP contribution >= 0.6 is 0 Å². The summed E-state index contributed by atoms with van der Waals surface area (Å²) in [7, 11) is 1.71. The van der Waals surface area contributed by atoms with Gasteiger partial charge in [0, 0.05) is 39.3 Å². The minimum absolute atomic E-state index is 0.00599. The van der Waals surface area contributed by atoms with Crippen LogP contribution in [0, 0.1) is 0 Å². The van der Waals surface area contributed by atoms with Gasteiger partial charge < -0.3 is 14.8 Å². The molecule has 0 amide bonds. The SMILES string of the molecule is Cn1cnc(N2CCNCC2)cc1=O. The van der Waals surface area contributed by atoms with Crippen molar-refractivity contribution in [2.24, 2.45) is 7.05 Å². The summed E-state index contributed by atoms with van der Waals surface area (Å²) >= 11 is 0. The van der Waals surface area contributed by atoms with Crippen LogP contribution in [-0.4, -0.2) is 35.7 Å². The fraction of sp³-hybridized carbons (Fsp3) is 0.556. The summed E-state index contributed by atoms with van der Waals surface area (Å²) in [4.78, 5) is 17.7. The van der Waals surface area contributed by atoms with Gasteiger partial charge in [-0.25, -0.2) is 4.98 Å². The number of nitrogens with one attached hydrogen (secondary N) is 1. The van der Waals surface area contributed by atoms with E-state index in [1.807, 2.05) is 0 Å². The monoisotopic (exact) mass is 194 g/mol. The summed E-state index contributed by atoms with van der Waals surface area (Å²) in [6.45, 7) is 3.74. The summed E-state index contributed by atoms with van der Waals surface area (Å²) in [5, 5.41) is 3.26. The van der Waals surface area contributed by atoms with E-state index in [1.54, 1.807) is 19.4 Å². The number of aromatic nitrogens is 2. The number of nitrogens with zero attached hydrogens (tertiary/aromatic N) is 3. The van der Waals surface area contributed by atoms with Crippen molar-refractivity contribution in [1.82, 2.24) is 14.9 Å². The Morgan fingerprint density at radius 2 is 2.14 bits per heavy atom. The van der Waals surface area contributed by atoms with Crippen LogP contribution in [0.5, 0.6) is 0 Å². The van der Waals surface area contributed by atoms with Crippen LogP contribution in [0.25, 0.3) is 0 Å². The average Bonchev–Trinajstić information content (AvgIpc) is 2.23. The zero-order valence-corrected chi connectivity index (χ0v) is 8.23. The van der Waals surface area contributed by atoms with Crippen molar-refractivity contribution in [3.05, 3.63) is 22.7 Å². The molecule has 1 aromatic rings. The van der Waals surface area contributed by atoms with E-state index < -0.39 is 0 Å². The molecule has 2 heterocycles. The summed E-state index contributed by atoms with van der Waals surface area (Å²) in [6.07, 6.45) is 1.57. The predicted octanol–water partition coefficient (Wildman–Crippen LogP) is -0.810. The molecule has 5 heteroatoms. The Balaban J connectivity index is 2.23. The van der Waals surface area contributed by atoms with Crippen LogP contribution in [0.3, 0.4) is 0 Å². The van der Waals surface area contributed by atoms with Gasteiger partial charge in [-0.15, -0.1) is 0 Å². The second-order valence-corrected chi connectivity index (χ2v) is 3.43. The second-order valence-electron chi connectivity index (χ2n) is 3.43. The first-order valence-corrected chi connectivity index (χ1v) is 4.76. The highest BCUT2D eigenvalue weighted by atomic mass is 16.1. The molecule has 1 fully saturated rings. The third kappa shape index (κ3) is 1.77. The molecule has 0 atom stereocenters. The number of hydrogen-bond donors (Lipinski definition) is 1. The Bertz CT molecular complexity index is 367. The van der Waals surface area contributed by atoms with Crippen LogP contribution in [0.15, 0.2) is 17.2 Å². The summed E-state index contributed by atoms with van der Waals surface area (Å²) in [5.41, 5.74) is -0.00599. The highest BCUT2D eigenvalue weighted by Gasteiger charge is 2.11. The van der Waals surface area contributed by atoms with Gasteiger partial charge in [-0.2, -0.15) is 0 Å². The zero-order valence-electron chi connectivity index (χ0n) is 8.23. The van der Waals surface area contributed by atoms with Crippen LogP contribution in [0.1, 0.15) is 0 Å². The van der Waals surface area contributed by atoms with Crippen molar-refractivity contribution < 1.29 is 0 Å². The zero-order chi connectivity index (χ0) is 9.97. The molecule has 0 bridgehead atoms. The third-order valence-corrected chi connectivity index (χ3v) is 2.40. The third-order valence-electron chi connectivity index (χ3n) is 2.40. The van der Waals surface area contributed by atoms with Gasteiger partial charge in [0.2, 0.25) is 0 Å². The summed E-state index contributed by atoms with van der Waals surface area (Å²) in [6, 6.07) is 1.59. The van der Waals surface area contributed by atoms with Crippen molar-refractivity contribution in [3.8, 4) is 0 Å². The van der Waals surface area contributed by atoms with Crippen molar-refractivity contribution >= 4 is 5.82 Å². The molecule has 0 unspecified atom stereocenters. The van der Waals surface area contributed by atoms with Crippen LogP contribution in [0.2, 0.25) is 0 Å². The lowest BCUT2D eigenvalue weighted by atomic mass is 10.3. The molecule has 1 saturated heterocycles. The van der Waals surface area contributed by atoms with Crippen molar-refractivity contribution in [2.75, 3.05) is 31.1 Å². The second kappa shape index (κ2) is 3.79. The summed E-state index contributed by atoms with van der Waals surface area (Å²) in [5.74, 6) is 0.787. The van der Waals surface area contributed by atoms with Crippen LogP contribution in [-0.2, 0) is 7.05 Å². The molecule has 1 aromatic heterocycles. The molecule has 1 N–H and O–H groups in total. The van der Waals surface area contributed by atoms with E-state index >= 15 is 0 Å². The molecule has 0 spiro atoms. The molecule has 5 nitrogen and oxygen atoms in total. The van der Waals surface area contributed by atoms with E-state index in [0.29, 0.717) is 0 Å². The maximum atomic E-state index is 11.4. The highest BCUT2D eigenvalue weighted by Crippen LogP contribution is 2.06. The Kier molecular flexibility index (Phi) is 2.49. The van der Waals surface area contributed by atoms with Crippen LogP contribution in [0.4, 0.5) is 5.82 Å². The van der Waals surface area contributed by atoms with Gasteiger partial charge in [0.1, 0.15) is 5.82 Å². The lowest BCUT2D eigenvalue weighted by molar-refractivity contribution is 0.583. The Labute approximate surface area is 82.4 Å². The van der Waals surface area contributed by atoms with Gasteiger partial charge in [-0.3, -0.25) is 4.79 Å². The largest absolute Gasteiger partial charge is 0.354 e. The Morgan fingerprint density at radius 1 is 1.43 bits per heavy atom. The summed E-state index contributed by atoms with van der Waals surface area (Å²) < 4.78 is 1.48. The van der Waals surface area contributed by atoms with Gasteiger partial charge in [-0.05, 0) is 0 Å². The van der Waals surface area contributed by atoms with Crippen molar-refractivity contribution in [3.63, 3.8) is 0 Å². The lowest BCUT2D eigenvalue weighted by Gasteiger charge is -2.28. The number of aryl methyl sites for hydroxylation is 1. The predicted molar refractivity (Wildman–Crippen MR) is 54.6 cm³/mol. The van der Waals surface area contributed by atoms with E-state index in [0.717, 1.165) is 32.0 Å². The van der Waals surface area contributed by atoms with E-state index in [4.69, 9.17) is 0 Å². The maximum Gasteiger partial charge on any atom is 0.255 e. The quantitative estimate of drug-likeness (QED) is 0.635. The fourth-order valence-corrected chi connectivity index (χ4v) is 1.52. The smallest absolute Gasteiger partial charge is 0.255 e. The van der Waals surface area contributed by atoms with Gasteiger partial charge >= 0.3 is 0 Å². The minimum Gasteiger partial charge on any atom is -0.354 e. The van der Waals surface area contributed by atoms with Gasteiger partial charge in [0.05, 0.1) is 6.33 Å². The topological polar surface area (TPSA) is 50.2 Å². The van der Waals surface area contributed by atoms with Gasteiger partial charge in [0.15, 0.2) is 0 Å². The molecular weight excluding hydrogens is 180 g/mol. The average molecular weight is 194 g/mol. The standard InChI is InChI=1S/C9H14N4O/c1-12-7-11-8(6-9(12)14)13-4-2-10-3-5-13/h6-7,10H,2-5H2,1H3. The molecule has 1 aliphatic rings.